The van der Waals surface area contributed by atoms with Crippen molar-refractivity contribution < 1.29 is 4.74 Å². The maximum atomic E-state index is 5.51. The molecule has 1 aromatic rings. The SMILES string of the molecule is COCCCN=C(NN)N(C)c1cccc(C)c1. The van der Waals surface area contributed by atoms with E-state index in [1.54, 1.807) is 7.11 Å². The predicted molar refractivity (Wildman–Crippen MR) is 75.7 cm³/mol. The normalized spacial score (nSPS) is 11.4. The van der Waals surface area contributed by atoms with Crippen molar-refractivity contribution in [2.24, 2.45) is 10.8 Å². The number of anilines is 1. The summed E-state index contributed by atoms with van der Waals surface area (Å²) < 4.78 is 4.98. The molecule has 5 heteroatoms. The standard InChI is InChI=1S/C13H22N4O/c1-11-6-4-7-12(10-11)17(2)13(16-14)15-8-5-9-18-3/h4,6-7,10H,5,8-9,14H2,1-3H3,(H,15,16). The number of aryl methyl sites for hydroxylation is 1. The van der Waals surface area contributed by atoms with Crippen molar-refractivity contribution in [2.45, 2.75) is 13.3 Å². The van der Waals surface area contributed by atoms with E-state index in [2.05, 4.69) is 29.5 Å². The third-order valence-electron chi connectivity index (χ3n) is 2.60. The van der Waals surface area contributed by atoms with Crippen molar-refractivity contribution in [1.82, 2.24) is 5.43 Å². The number of hydrazine groups is 1. The van der Waals surface area contributed by atoms with Crippen LogP contribution in [0, 0.1) is 6.92 Å². The van der Waals surface area contributed by atoms with Crippen molar-refractivity contribution in [3.05, 3.63) is 29.8 Å². The number of nitrogens with one attached hydrogen (secondary N) is 1. The molecule has 0 unspecified atom stereocenters. The number of ether oxygens (including phenoxy) is 1. The summed E-state index contributed by atoms with van der Waals surface area (Å²) in [7, 11) is 3.62. The highest BCUT2D eigenvalue weighted by molar-refractivity contribution is 5.95. The highest BCUT2D eigenvalue weighted by Crippen LogP contribution is 2.14. The van der Waals surface area contributed by atoms with Crippen LogP contribution in [-0.2, 0) is 4.74 Å². The van der Waals surface area contributed by atoms with E-state index in [1.165, 1.54) is 5.56 Å². The number of hydrogen-bond acceptors (Lipinski definition) is 3. The quantitative estimate of drug-likeness (QED) is 0.272. The van der Waals surface area contributed by atoms with Gasteiger partial charge in [-0.05, 0) is 31.0 Å². The van der Waals surface area contributed by atoms with Gasteiger partial charge in [-0.15, -0.1) is 0 Å². The fourth-order valence-electron chi connectivity index (χ4n) is 1.60. The molecule has 0 aromatic heterocycles. The lowest BCUT2D eigenvalue weighted by atomic mass is 10.2. The number of aliphatic imine (C=N–C) groups is 1. The van der Waals surface area contributed by atoms with Crippen LogP contribution < -0.4 is 16.2 Å². The van der Waals surface area contributed by atoms with E-state index in [0.717, 1.165) is 12.1 Å². The molecular weight excluding hydrogens is 228 g/mol. The van der Waals surface area contributed by atoms with Crippen LogP contribution in [0.25, 0.3) is 0 Å². The van der Waals surface area contributed by atoms with Gasteiger partial charge in [-0.1, -0.05) is 12.1 Å². The van der Waals surface area contributed by atoms with Gasteiger partial charge in [0.05, 0.1) is 0 Å². The lowest BCUT2D eigenvalue weighted by Crippen LogP contribution is -2.43. The lowest BCUT2D eigenvalue weighted by molar-refractivity contribution is 0.197. The molecule has 0 aliphatic heterocycles. The molecule has 0 aliphatic carbocycles. The maximum absolute atomic E-state index is 5.51. The minimum absolute atomic E-state index is 0.650. The number of benzene rings is 1. The van der Waals surface area contributed by atoms with E-state index in [0.29, 0.717) is 19.1 Å². The van der Waals surface area contributed by atoms with E-state index < -0.39 is 0 Å². The Labute approximate surface area is 109 Å². The van der Waals surface area contributed by atoms with Crippen LogP contribution in [0.5, 0.6) is 0 Å². The fourth-order valence-corrected chi connectivity index (χ4v) is 1.60. The van der Waals surface area contributed by atoms with E-state index in [4.69, 9.17) is 10.6 Å². The lowest BCUT2D eigenvalue weighted by Gasteiger charge is -2.21. The Kier molecular flexibility index (Phi) is 6.18. The van der Waals surface area contributed by atoms with Gasteiger partial charge < -0.3 is 9.64 Å². The van der Waals surface area contributed by atoms with Gasteiger partial charge in [0.2, 0.25) is 5.96 Å². The summed E-state index contributed by atoms with van der Waals surface area (Å²) in [4.78, 5) is 6.34. The molecule has 5 nitrogen and oxygen atoms in total. The Morgan fingerprint density at radius 1 is 1.50 bits per heavy atom. The van der Waals surface area contributed by atoms with Crippen LogP contribution in [0.1, 0.15) is 12.0 Å². The molecule has 100 valence electrons. The first-order valence-corrected chi connectivity index (χ1v) is 5.99. The topological polar surface area (TPSA) is 62.9 Å². The zero-order valence-electron chi connectivity index (χ0n) is 11.3. The minimum atomic E-state index is 0.650. The number of nitrogens with zero attached hydrogens (tertiary/aromatic N) is 2. The molecule has 1 aromatic carbocycles. The summed E-state index contributed by atoms with van der Waals surface area (Å²) >= 11 is 0. The third-order valence-corrected chi connectivity index (χ3v) is 2.60. The first-order valence-electron chi connectivity index (χ1n) is 5.99. The number of hydrogen-bond donors (Lipinski definition) is 2. The molecule has 0 aliphatic rings. The van der Waals surface area contributed by atoms with Gasteiger partial charge in [-0.2, -0.15) is 0 Å². The van der Waals surface area contributed by atoms with Crippen molar-refractivity contribution in [3.63, 3.8) is 0 Å². The molecule has 0 atom stereocenters. The molecule has 0 bridgehead atoms. The molecule has 18 heavy (non-hydrogen) atoms. The Bertz CT molecular complexity index is 392. The molecule has 0 saturated carbocycles. The van der Waals surface area contributed by atoms with Crippen LogP contribution >= 0.6 is 0 Å². The highest BCUT2D eigenvalue weighted by atomic mass is 16.5. The molecular formula is C13H22N4O. The second-order valence-electron chi connectivity index (χ2n) is 4.09. The maximum Gasteiger partial charge on any atom is 0.212 e. The molecule has 0 amide bonds. The second-order valence-corrected chi connectivity index (χ2v) is 4.09. The average Bonchev–Trinajstić information content (AvgIpc) is 2.38. The Morgan fingerprint density at radius 3 is 2.89 bits per heavy atom. The summed E-state index contributed by atoms with van der Waals surface area (Å²) in [5.41, 5.74) is 4.89. The summed E-state index contributed by atoms with van der Waals surface area (Å²) in [6.45, 7) is 3.45. The molecule has 3 N–H and O–H groups in total. The van der Waals surface area contributed by atoms with E-state index in [-0.39, 0.29) is 0 Å². The Balaban J connectivity index is 2.69. The van der Waals surface area contributed by atoms with Crippen molar-refractivity contribution in [1.29, 1.82) is 0 Å². The first kappa shape index (κ1) is 14.5. The smallest absolute Gasteiger partial charge is 0.212 e. The fraction of sp³-hybridized carbons (Fsp3) is 0.462. The Hall–Kier alpha value is -1.59. The van der Waals surface area contributed by atoms with Crippen molar-refractivity contribution in [2.75, 3.05) is 32.2 Å². The average molecular weight is 250 g/mol. The van der Waals surface area contributed by atoms with Gasteiger partial charge in [0.25, 0.3) is 0 Å². The third kappa shape index (κ3) is 4.35. The minimum Gasteiger partial charge on any atom is -0.385 e. The van der Waals surface area contributed by atoms with Crippen molar-refractivity contribution >= 4 is 11.6 Å². The van der Waals surface area contributed by atoms with Crippen LogP contribution in [-0.4, -0.2) is 33.3 Å². The second kappa shape index (κ2) is 7.68. The number of nitrogens with two attached hydrogens (primary N) is 1. The van der Waals surface area contributed by atoms with Crippen LogP contribution in [0.4, 0.5) is 5.69 Å². The van der Waals surface area contributed by atoms with Crippen LogP contribution in [0.2, 0.25) is 0 Å². The zero-order valence-corrected chi connectivity index (χ0v) is 11.3. The summed E-state index contributed by atoms with van der Waals surface area (Å²) in [6, 6.07) is 8.18. The molecule has 0 radical (unpaired) electrons. The van der Waals surface area contributed by atoms with E-state index in [9.17, 15) is 0 Å². The summed E-state index contributed by atoms with van der Waals surface area (Å²) in [5.74, 6) is 6.16. The van der Waals surface area contributed by atoms with Gasteiger partial charge >= 0.3 is 0 Å². The number of guanidine groups is 1. The van der Waals surface area contributed by atoms with E-state index >= 15 is 0 Å². The van der Waals surface area contributed by atoms with Gasteiger partial charge in [0.15, 0.2) is 0 Å². The highest BCUT2D eigenvalue weighted by Gasteiger charge is 2.06. The van der Waals surface area contributed by atoms with Crippen molar-refractivity contribution in [3.8, 4) is 0 Å². The van der Waals surface area contributed by atoms with Gasteiger partial charge in [-0.3, -0.25) is 10.4 Å². The molecule has 0 saturated heterocycles. The summed E-state index contributed by atoms with van der Waals surface area (Å²) in [6.07, 6.45) is 0.878. The van der Waals surface area contributed by atoms with Gasteiger partial charge in [-0.25, -0.2) is 5.84 Å². The monoisotopic (exact) mass is 250 g/mol. The molecule has 0 heterocycles. The Morgan fingerprint density at radius 2 is 2.28 bits per heavy atom. The molecule has 0 fully saturated rings. The van der Waals surface area contributed by atoms with Gasteiger partial charge in [0, 0.05) is 33.0 Å². The molecule has 1 rings (SSSR count). The van der Waals surface area contributed by atoms with Crippen LogP contribution in [0.3, 0.4) is 0 Å². The summed E-state index contributed by atoms with van der Waals surface area (Å²) in [5, 5.41) is 0. The molecule has 0 spiro atoms. The number of methoxy groups -OCH3 is 1. The first-order chi connectivity index (χ1) is 8.69. The predicted octanol–water partition coefficient (Wildman–Crippen LogP) is 1.29. The van der Waals surface area contributed by atoms with Gasteiger partial charge in [0.1, 0.15) is 0 Å². The zero-order chi connectivity index (χ0) is 13.4. The van der Waals surface area contributed by atoms with E-state index in [1.807, 2.05) is 24.1 Å². The number of rotatable bonds is 5. The van der Waals surface area contributed by atoms with Crippen LogP contribution in [0.15, 0.2) is 29.3 Å². The largest absolute Gasteiger partial charge is 0.385 e.